The normalized spacial score (nSPS) is 10.7. The smallest absolute Gasteiger partial charge is 0.316 e. The van der Waals surface area contributed by atoms with Crippen LogP contribution in [0.3, 0.4) is 0 Å². The number of aryl methyl sites for hydroxylation is 1. The largest absolute Gasteiger partial charge is 0.465 e. The molecule has 0 fully saturated rings. The Labute approximate surface area is 108 Å². The van der Waals surface area contributed by atoms with Crippen LogP contribution in [0.5, 0.6) is 0 Å². The molecule has 0 atom stereocenters. The van der Waals surface area contributed by atoms with Gasteiger partial charge in [-0.25, -0.2) is 0 Å². The molecule has 0 spiro atoms. The lowest BCUT2D eigenvalue weighted by Gasteiger charge is -1.97. The number of nitrogens with zero attached hydrogens (tertiary/aromatic N) is 1. The lowest BCUT2D eigenvalue weighted by atomic mass is 10.3. The van der Waals surface area contributed by atoms with Crippen molar-refractivity contribution in [2.75, 3.05) is 12.4 Å². The average molecular weight is 268 g/mol. The third-order valence-electron chi connectivity index (χ3n) is 2.32. The molecule has 0 aliphatic carbocycles. The Balaban J connectivity index is 2.14. The highest BCUT2D eigenvalue weighted by atomic mass is 32.2. The predicted octanol–water partition coefficient (Wildman–Crippen LogP) is 2.38. The topological polar surface area (TPSA) is 30.2 Å². The first-order valence-corrected chi connectivity index (χ1v) is 7.18. The highest BCUT2D eigenvalue weighted by molar-refractivity contribution is 8.01. The number of esters is 1. The van der Waals surface area contributed by atoms with E-state index in [0.29, 0.717) is 12.4 Å². The van der Waals surface area contributed by atoms with Gasteiger partial charge in [-0.1, -0.05) is 23.5 Å². The second kappa shape index (κ2) is 5.51. The second-order valence-electron chi connectivity index (χ2n) is 3.49. The number of carbonyl (C=O) groups excluding carboxylic acids is 1. The Morgan fingerprint density at radius 1 is 1.47 bits per heavy atom. The van der Waals surface area contributed by atoms with Crippen molar-refractivity contribution in [2.45, 2.75) is 11.3 Å². The van der Waals surface area contributed by atoms with Gasteiger partial charge in [0.15, 0.2) is 0 Å². The second-order valence-corrected chi connectivity index (χ2v) is 5.74. The van der Waals surface area contributed by atoms with Gasteiger partial charge in [0.2, 0.25) is 5.52 Å². The van der Waals surface area contributed by atoms with E-state index in [0.717, 1.165) is 4.34 Å². The minimum absolute atomic E-state index is 0.157. The molecular formula is C12H14NO2S2+. The summed E-state index contributed by atoms with van der Waals surface area (Å²) in [5.41, 5.74) is 1.20. The van der Waals surface area contributed by atoms with Crippen LogP contribution in [0.25, 0.3) is 10.2 Å². The van der Waals surface area contributed by atoms with E-state index in [9.17, 15) is 4.79 Å². The van der Waals surface area contributed by atoms with Gasteiger partial charge in [-0.3, -0.25) is 4.79 Å². The van der Waals surface area contributed by atoms with Crippen molar-refractivity contribution >= 4 is 39.3 Å². The average Bonchev–Trinajstić information content (AvgIpc) is 2.65. The maximum absolute atomic E-state index is 11.3. The predicted molar refractivity (Wildman–Crippen MR) is 70.4 cm³/mol. The van der Waals surface area contributed by atoms with Gasteiger partial charge in [-0.05, 0) is 24.8 Å². The van der Waals surface area contributed by atoms with E-state index in [4.69, 9.17) is 4.74 Å². The van der Waals surface area contributed by atoms with Crippen LogP contribution in [-0.4, -0.2) is 18.3 Å². The molecule has 3 nitrogen and oxygen atoms in total. The molecule has 17 heavy (non-hydrogen) atoms. The van der Waals surface area contributed by atoms with Gasteiger partial charge < -0.3 is 4.74 Å². The van der Waals surface area contributed by atoms with Crippen molar-refractivity contribution in [1.29, 1.82) is 0 Å². The number of benzene rings is 1. The minimum atomic E-state index is -0.157. The zero-order valence-corrected chi connectivity index (χ0v) is 11.4. The third-order valence-corrected chi connectivity index (χ3v) is 4.83. The quantitative estimate of drug-likeness (QED) is 0.484. The summed E-state index contributed by atoms with van der Waals surface area (Å²) in [4.78, 5) is 11.3. The van der Waals surface area contributed by atoms with E-state index in [1.807, 2.05) is 26.1 Å². The standard InChI is InChI=1S/C12H14NO2S2/c1-3-15-11(14)8-16-12-13(2)9-6-4-5-7-10(9)17-12/h4-7H,3,8H2,1-2H3/q+1. The zero-order valence-electron chi connectivity index (χ0n) is 9.80. The molecule has 2 aromatic rings. The molecule has 0 saturated heterocycles. The number of thiazole rings is 1. The summed E-state index contributed by atoms with van der Waals surface area (Å²) in [7, 11) is 2.02. The number of ether oxygens (including phenoxy) is 1. The maximum Gasteiger partial charge on any atom is 0.316 e. The molecule has 0 N–H and O–H groups in total. The monoisotopic (exact) mass is 268 g/mol. The van der Waals surface area contributed by atoms with Gasteiger partial charge in [0.25, 0.3) is 4.34 Å². The molecule has 90 valence electrons. The molecule has 1 heterocycles. The van der Waals surface area contributed by atoms with Crippen LogP contribution >= 0.6 is 23.1 Å². The SMILES string of the molecule is CCOC(=O)CSc1sc2ccccc2[n+]1C. The molecule has 0 aliphatic heterocycles. The number of thioether (sulfide) groups is 1. The molecule has 1 aromatic heterocycles. The fourth-order valence-corrected chi connectivity index (χ4v) is 3.71. The van der Waals surface area contributed by atoms with Crippen molar-refractivity contribution in [3.63, 3.8) is 0 Å². The van der Waals surface area contributed by atoms with Gasteiger partial charge in [0.05, 0.1) is 6.61 Å². The number of fused-ring (bicyclic) bond motifs is 1. The summed E-state index contributed by atoms with van der Waals surface area (Å²) in [5, 5.41) is 0. The van der Waals surface area contributed by atoms with E-state index in [-0.39, 0.29) is 5.97 Å². The molecule has 5 heteroatoms. The lowest BCUT2D eigenvalue weighted by molar-refractivity contribution is -0.676. The summed E-state index contributed by atoms with van der Waals surface area (Å²) in [6.45, 7) is 2.26. The van der Waals surface area contributed by atoms with Gasteiger partial charge in [-0.15, -0.1) is 0 Å². The number of rotatable bonds is 4. The van der Waals surface area contributed by atoms with Crippen LogP contribution in [0.15, 0.2) is 28.6 Å². The summed E-state index contributed by atoms with van der Waals surface area (Å²) < 4.78 is 9.39. The lowest BCUT2D eigenvalue weighted by Crippen LogP contribution is -2.28. The van der Waals surface area contributed by atoms with E-state index >= 15 is 0 Å². The number of hydrogen-bond acceptors (Lipinski definition) is 4. The number of hydrogen-bond donors (Lipinski definition) is 0. The molecule has 0 aliphatic rings. The summed E-state index contributed by atoms with van der Waals surface area (Å²) in [5.74, 6) is 0.212. The van der Waals surface area contributed by atoms with Gasteiger partial charge in [0, 0.05) is 6.07 Å². The van der Waals surface area contributed by atoms with E-state index in [1.165, 1.54) is 22.0 Å². The van der Waals surface area contributed by atoms with Gasteiger partial charge in [-0.2, -0.15) is 4.57 Å². The van der Waals surface area contributed by atoms with Gasteiger partial charge in [0.1, 0.15) is 17.5 Å². The summed E-state index contributed by atoms with van der Waals surface area (Å²) in [6, 6.07) is 8.22. The van der Waals surface area contributed by atoms with Crippen molar-refractivity contribution in [3.05, 3.63) is 24.3 Å². The first-order valence-electron chi connectivity index (χ1n) is 5.38. The molecule has 0 radical (unpaired) electrons. The molecule has 0 bridgehead atoms. The number of para-hydroxylation sites is 1. The van der Waals surface area contributed by atoms with Crippen LogP contribution in [0.2, 0.25) is 0 Å². The van der Waals surface area contributed by atoms with Crippen molar-refractivity contribution in [3.8, 4) is 0 Å². The van der Waals surface area contributed by atoms with Crippen LogP contribution in [0, 0.1) is 0 Å². The molecule has 2 rings (SSSR count). The fraction of sp³-hybridized carbons (Fsp3) is 0.333. The first-order chi connectivity index (χ1) is 8.22. The Morgan fingerprint density at radius 2 is 2.24 bits per heavy atom. The van der Waals surface area contributed by atoms with Crippen molar-refractivity contribution in [1.82, 2.24) is 0 Å². The van der Waals surface area contributed by atoms with Crippen LogP contribution < -0.4 is 4.57 Å². The Bertz CT molecular complexity index is 536. The molecular weight excluding hydrogens is 254 g/mol. The Hall–Kier alpha value is -1.07. The number of carbonyl (C=O) groups is 1. The van der Waals surface area contributed by atoms with Crippen LogP contribution in [-0.2, 0) is 16.6 Å². The third kappa shape index (κ3) is 2.79. The summed E-state index contributed by atoms with van der Waals surface area (Å²) >= 11 is 3.23. The highest BCUT2D eigenvalue weighted by Gasteiger charge is 2.18. The number of aromatic nitrogens is 1. The summed E-state index contributed by atoms with van der Waals surface area (Å²) in [6.07, 6.45) is 0. The molecule has 1 aromatic carbocycles. The van der Waals surface area contributed by atoms with Crippen molar-refractivity contribution in [2.24, 2.45) is 7.05 Å². The van der Waals surface area contributed by atoms with Gasteiger partial charge >= 0.3 is 5.97 Å². The van der Waals surface area contributed by atoms with E-state index in [1.54, 1.807) is 11.3 Å². The zero-order chi connectivity index (χ0) is 12.3. The van der Waals surface area contributed by atoms with Crippen LogP contribution in [0.4, 0.5) is 0 Å². The maximum atomic E-state index is 11.3. The molecule has 0 unspecified atom stereocenters. The first kappa shape index (κ1) is 12.4. The highest BCUT2D eigenvalue weighted by Crippen LogP contribution is 2.27. The Morgan fingerprint density at radius 3 is 2.94 bits per heavy atom. The van der Waals surface area contributed by atoms with E-state index < -0.39 is 0 Å². The fourth-order valence-electron chi connectivity index (χ4n) is 1.53. The minimum Gasteiger partial charge on any atom is -0.465 e. The molecule has 0 saturated carbocycles. The van der Waals surface area contributed by atoms with Crippen molar-refractivity contribution < 1.29 is 14.1 Å². The van der Waals surface area contributed by atoms with E-state index in [2.05, 4.69) is 16.7 Å². The molecule has 0 amide bonds. The Kier molecular flexibility index (Phi) is 4.02. The van der Waals surface area contributed by atoms with Crippen LogP contribution in [0.1, 0.15) is 6.92 Å².